The highest BCUT2D eigenvalue weighted by Gasteiger charge is 2.60. The lowest BCUT2D eigenvalue weighted by Gasteiger charge is -2.46. The molecule has 0 amide bonds. The van der Waals surface area contributed by atoms with Crippen molar-refractivity contribution in [3.05, 3.63) is 58.7 Å². The lowest BCUT2D eigenvalue weighted by molar-refractivity contribution is -0.152. The Morgan fingerprint density at radius 2 is 1.71 bits per heavy atom. The third-order valence-electron chi connectivity index (χ3n) is 6.91. The molecule has 2 aliphatic rings. The first kappa shape index (κ1) is 23.4. The molecule has 0 bridgehead atoms. The largest absolute Gasteiger partial charge is 0.496 e. The predicted octanol–water partition coefficient (Wildman–Crippen LogP) is 3.28. The van der Waals surface area contributed by atoms with Crippen LogP contribution in [0.25, 0.3) is 5.57 Å². The summed E-state index contributed by atoms with van der Waals surface area (Å²) in [5.74, 6) is -1.25. The summed E-state index contributed by atoms with van der Waals surface area (Å²) in [6, 6.07) is 6.78. The summed E-state index contributed by atoms with van der Waals surface area (Å²) in [6.07, 6.45) is 0.242. The zero-order valence-corrected chi connectivity index (χ0v) is 19.8. The van der Waals surface area contributed by atoms with Crippen molar-refractivity contribution in [3.8, 4) is 17.2 Å². The van der Waals surface area contributed by atoms with E-state index in [4.69, 9.17) is 23.7 Å². The maximum Gasteiger partial charge on any atom is 0.345 e. The van der Waals surface area contributed by atoms with Crippen molar-refractivity contribution in [1.82, 2.24) is 0 Å². The molecule has 0 aliphatic heterocycles. The van der Waals surface area contributed by atoms with Gasteiger partial charge in [-0.15, -0.1) is 0 Å². The SMILES string of the molecule is C=C1c2c(OC)cccc2C(=O)C2(C(=O)OC)Cc3cc(OC)c(C(=O)OC)c(OC)c3CC12. The van der Waals surface area contributed by atoms with Crippen LogP contribution in [0.4, 0.5) is 0 Å². The zero-order valence-electron chi connectivity index (χ0n) is 19.8. The minimum Gasteiger partial charge on any atom is -0.496 e. The van der Waals surface area contributed by atoms with Gasteiger partial charge in [-0.1, -0.05) is 18.7 Å². The van der Waals surface area contributed by atoms with Crippen molar-refractivity contribution >= 4 is 23.3 Å². The van der Waals surface area contributed by atoms with Gasteiger partial charge in [0, 0.05) is 17.0 Å². The van der Waals surface area contributed by atoms with Crippen LogP contribution in [0, 0.1) is 11.3 Å². The van der Waals surface area contributed by atoms with Crippen LogP contribution in [0.2, 0.25) is 0 Å². The fourth-order valence-corrected chi connectivity index (χ4v) is 5.38. The number of ether oxygens (including phenoxy) is 5. The third kappa shape index (κ3) is 3.01. The lowest BCUT2D eigenvalue weighted by atomic mass is 9.54. The van der Waals surface area contributed by atoms with Gasteiger partial charge in [-0.3, -0.25) is 9.59 Å². The van der Waals surface area contributed by atoms with Gasteiger partial charge in [-0.05, 0) is 41.7 Å². The van der Waals surface area contributed by atoms with Crippen LogP contribution in [0.15, 0.2) is 30.8 Å². The summed E-state index contributed by atoms with van der Waals surface area (Å²) in [7, 11) is 6.92. The summed E-state index contributed by atoms with van der Waals surface area (Å²) >= 11 is 0. The predicted molar refractivity (Wildman–Crippen MR) is 123 cm³/mol. The molecule has 2 aliphatic carbocycles. The molecule has 178 valence electrons. The summed E-state index contributed by atoms with van der Waals surface area (Å²) < 4.78 is 26.7. The van der Waals surface area contributed by atoms with Gasteiger partial charge in [0.25, 0.3) is 0 Å². The molecule has 34 heavy (non-hydrogen) atoms. The van der Waals surface area contributed by atoms with Crippen molar-refractivity contribution in [1.29, 1.82) is 0 Å². The highest BCUT2D eigenvalue weighted by molar-refractivity contribution is 6.19. The molecule has 2 aromatic carbocycles. The number of esters is 2. The molecule has 0 spiro atoms. The van der Waals surface area contributed by atoms with Gasteiger partial charge in [-0.25, -0.2) is 4.79 Å². The molecule has 0 fully saturated rings. The van der Waals surface area contributed by atoms with Gasteiger partial charge < -0.3 is 23.7 Å². The van der Waals surface area contributed by atoms with Crippen molar-refractivity contribution < 1.29 is 38.1 Å². The lowest BCUT2D eigenvalue weighted by Crippen LogP contribution is -2.54. The van der Waals surface area contributed by atoms with E-state index in [1.54, 1.807) is 24.3 Å². The molecule has 2 atom stereocenters. The van der Waals surface area contributed by atoms with E-state index in [0.29, 0.717) is 33.6 Å². The standard InChI is InChI=1S/C26H26O8/c1-13-17-11-16-14(10-19(31-3)21(22(16)32-4)24(28)33-5)12-26(17,25(29)34-6)23(27)15-8-7-9-18(30-2)20(13)15/h7-10,17H,1,11-12H2,2-6H3. The molecular formula is C26H26O8. The smallest absolute Gasteiger partial charge is 0.345 e. The Labute approximate surface area is 197 Å². The van der Waals surface area contributed by atoms with Crippen LogP contribution in [0.3, 0.4) is 0 Å². The molecule has 0 N–H and O–H groups in total. The number of methoxy groups -OCH3 is 5. The highest BCUT2D eigenvalue weighted by Crippen LogP contribution is 2.56. The molecule has 4 rings (SSSR count). The normalized spacial score (nSPS) is 20.4. The second-order valence-electron chi connectivity index (χ2n) is 8.25. The van der Waals surface area contributed by atoms with E-state index < -0.39 is 23.3 Å². The number of rotatable bonds is 5. The van der Waals surface area contributed by atoms with E-state index in [9.17, 15) is 14.4 Å². The Kier molecular flexibility index (Phi) is 5.85. The fraction of sp³-hybridized carbons (Fsp3) is 0.346. The summed E-state index contributed by atoms with van der Waals surface area (Å²) in [6.45, 7) is 4.28. The second kappa shape index (κ2) is 8.52. The van der Waals surface area contributed by atoms with Crippen molar-refractivity contribution in [3.63, 3.8) is 0 Å². The van der Waals surface area contributed by atoms with Crippen LogP contribution < -0.4 is 14.2 Å². The first-order valence-corrected chi connectivity index (χ1v) is 10.6. The average Bonchev–Trinajstić information content (AvgIpc) is 2.87. The molecule has 8 nitrogen and oxygen atoms in total. The number of benzene rings is 2. The number of allylic oxidation sites excluding steroid dienone is 1. The third-order valence-corrected chi connectivity index (χ3v) is 6.91. The number of Topliss-reactive ketones (excluding diaryl/α,β-unsaturated/α-hetero) is 1. The van der Waals surface area contributed by atoms with E-state index in [0.717, 1.165) is 0 Å². The average molecular weight is 466 g/mol. The van der Waals surface area contributed by atoms with Crippen molar-refractivity contribution in [2.24, 2.45) is 11.3 Å². The monoisotopic (exact) mass is 466 g/mol. The quantitative estimate of drug-likeness (QED) is 0.489. The van der Waals surface area contributed by atoms with E-state index in [1.807, 2.05) is 0 Å². The van der Waals surface area contributed by atoms with E-state index in [-0.39, 0.29) is 35.7 Å². The summed E-state index contributed by atoms with van der Waals surface area (Å²) in [5, 5.41) is 0. The zero-order chi connectivity index (χ0) is 24.8. The van der Waals surface area contributed by atoms with Crippen LogP contribution >= 0.6 is 0 Å². The Hall–Kier alpha value is -3.81. The van der Waals surface area contributed by atoms with Crippen LogP contribution in [0.1, 0.15) is 37.4 Å². The number of ketones is 1. The summed E-state index contributed by atoms with van der Waals surface area (Å²) in [4.78, 5) is 39.9. The number of carbonyl (C=O) groups is 3. The molecule has 0 saturated carbocycles. The van der Waals surface area contributed by atoms with Crippen molar-refractivity contribution in [2.75, 3.05) is 35.5 Å². The molecular weight excluding hydrogens is 440 g/mol. The van der Waals surface area contributed by atoms with Crippen LogP contribution in [-0.4, -0.2) is 53.3 Å². The fourth-order valence-electron chi connectivity index (χ4n) is 5.38. The maximum atomic E-state index is 14.0. The molecule has 2 unspecified atom stereocenters. The summed E-state index contributed by atoms with van der Waals surface area (Å²) in [5.41, 5.74) is 1.46. The Morgan fingerprint density at radius 3 is 2.29 bits per heavy atom. The van der Waals surface area contributed by atoms with Gasteiger partial charge in [0.1, 0.15) is 28.2 Å². The van der Waals surface area contributed by atoms with E-state index in [2.05, 4.69) is 6.58 Å². The first-order chi connectivity index (χ1) is 16.3. The number of carbonyl (C=O) groups excluding carboxylic acids is 3. The molecule has 0 aromatic heterocycles. The van der Waals surface area contributed by atoms with Gasteiger partial charge in [0.05, 0.1) is 35.5 Å². The van der Waals surface area contributed by atoms with Crippen LogP contribution in [-0.2, 0) is 27.1 Å². The molecule has 2 aromatic rings. The minimum atomic E-state index is -1.53. The molecule has 0 heterocycles. The van der Waals surface area contributed by atoms with Gasteiger partial charge in [-0.2, -0.15) is 0 Å². The van der Waals surface area contributed by atoms with Crippen molar-refractivity contribution in [2.45, 2.75) is 12.8 Å². The molecule has 8 heteroatoms. The number of hydrogen-bond donors (Lipinski definition) is 0. The second-order valence-corrected chi connectivity index (χ2v) is 8.25. The maximum absolute atomic E-state index is 14.0. The number of fused-ring (bicyclic) bond motifs is 3. The van der Waals surface area contributed by atoms with Gasteiger partial charge in [0.2, 0.25) is 0 Å². The topological polar surface area (TPSA) is 97.4 Å². The first-order valence-electron chi connectivity index (χ1n) is 10.6. The minimum absolute atomic E-state index is 0.0301. The van der Waals surface area contributed by atoms with E-state index in [1.165, 1.54) is 35.5 Å². The Balaban J connectivity index is 2.02. The van der Waals surface area contributed by atoms with E-state index >= 15 is 0 Å². The molecule has 0 saturated heterocycles. The molecule has 0 radical (unpaired) electrons. The highest BCUT2D eigenvalue weighted by atomic mass is 16.5. The Morgan fingerprint density at radius 1 is 1.00 bits per heavy atom. The van der Waals surface area contributed by atoms with Gasteiger partial charge >= 0.3 is 11.9 Å². The Bertz CT molecular complexity index is 1230. The number of hydrogen-bond acceptors (Lipinski definition) is 8. The van der Waals surface area contributed by atoms with Crippen LogP contribution in [0.5, 0.6) is 17.2 Å². The van der Waals surface area contributed by atoms with Gasteiger partial charge in [0.15, 0.2) is 5.78 Å².